The van der Waals surface area contributed by atoms with Crippen LogP contribution in [0.5, 0.6) is 0 Å². The van der Waals surface area contributed by atoms with E-state index in [-0.39, 0.29) is 0 Å². The minimum atomic E-state index is 1.36. The predicted molar refractivity (Wildman–Crippen MR) is 54.3 cm³/mol. The van der Waals surface area contributed by atoms with Crippen molar-refractivity contribution in [2.45, 2.75) is 0 Å². The van der Waals surface area contributed by atoms with Crippen molar-refractivity contribution in [2.24, 2.45) is 0 Å². The summed E-state index contributed by atoms with van der Waals surface area (Å²) >= 11 is 1.77. The van der Waals surface area contributed by atoms with Gasteiger partial charge in [0.25, 0.3) is 0 Å². The summed E-state index contributed by atoms with van der Waals surface area (Å²) < 4.78 is 0. The molecule has 0 amide bonds. The lowest BCUT2D eigenvalue weighted by Gasteiger charge is -1.97. The maximum absolute atomic E-state index is 2.25. The zero-order valence-corrected chi connectivity index (χ0v) is 7.27. The number of allylic oxidation sites excluding steroid dienone is 1. The molecule has 0 N–H and O–H groups in total. The molecule has 0 atom stereocenters. The Labute approximate surface area is 76.0 Å². The van der Waals surface area contributed by atoms with E-state index in [0.29, 0.717) is 0 Å². The van der Waals surface area contributed by atoms with Crippen LogP contribution in [0.15, 0.2) is 35.2 Å². The van der Waals surface area contributed by atoms with Gasteiger partial charge in [0, 0.05) is 0 Å². The van der Waals surface area contributed by atoms with Gasteiger partial charge in [-0.3, -0.25) is 0 Å². The molecule has 0 spiro atoms. The molecular weight excluding hydrogens is 164 g/mol. The van der Waals surface area contributed by atoms with Gasteiger partial charge in [-0.05, 0) is 33.8 Å². The van der Waals surface area contributed by atoms with Crippen molar-refractivity contribution in [1.82, 2.24) is 0 Å². The first-order valence-corrected chi connectivity index (χ1v) is 4.90. The minimum absolute atomic E-state index is 1.36. The molecule has 1 aromatic rings. The summed E-state index contributed by atoms with van der Waals surface area (Å²) in [7, 11) is 0. The molecule has 0 unspecified atom stereocenters. The molecule has 1 aliphatic heterocycles. The first-order valence-electron chi connectivity index (χ1n) is 3.95. The van der Waals surface area contributed by atoms with E-state index in [2.05, 4.69) is 41.5 Å². The highest BCUT2D eigenvalue weighted by atomic mass is 32.2. The van der Waals surface area contributed by atoms with Gasteiger partial charge in [0.15, 0.2) is 0 Å². The molecule has 0 saturated carbocycles. The molecule has 1 heterocycles. The molecule has 3 rings (SSSR count). The van der Waals surface area contributed by atoms with Crippen LogP contribution in [-0.2, 0) is 0 Å². The Hall–Kier alpha value is -0.950. The van der Waals surface area contributed by atoms with Gasteiger partial charge in [0.05, 0.1) is 5.75 Å². The van der Waals surface area contributed by atoms with Crippen molar-refractivity contribution in [3.8, 4) is 0 Å². The quantitative estimate of drug-likeness (QED) is 0.577. The average molecular weight is 171 g/mol. The van der Waals surface area contributed by atoms with Gasteiger partial charge in [-0.15, -0.1) is 11.8 Å². The van der Waals surface area contributed by atoms with Crippen LogP contribution < -0.4 is 0 Å². The summed E-state index contributed by atoms with van der Waals surface area (Å²) in [5.74, 6) is 2.20. The molecule has 12 heavy (non-hydrogen) atoms. The maximum atomic E-state index is 2.25. The van der Waals surface area contributed by atoms with Gasteiger partial charge in [0.1, 0.15) is 0 Å². The van der Waals surface area contributed by atoms with Crippen LogP contribution in [-0.4, -0.2) is 0 Å². The van der Waals surface area contributed by atoms with Gasteiger partial charge in [0.2, 0.25) is 0 Å². The second-order valence-corrected chi connectivity index (χ2v) is 3.72. The zero-order chi connectivity index (χ0) is 7.97. The Balaban J connectivity index is 2.29. The smallest absolute Gasteiger partial charge is 0.0508 e. The van der Waals surface area contributed by atoms with Crippen LogP contribution in [0.3, 0.4) is 0 Å². The number of benzene rings is 1. The molecular formula is C11H7S. The van der Waals surface area contributed by atoms with Crippen LogP contribution in [0.4, 0.5) is 0 Å². The summed E-state index contributed by atoms with van der Waals surface area (Å²) in [5, 5.41) is 2.22. The van der Waals surface area contributed by atoms with Crippen molar-refractivity contribution < 1.29 is 0 Å². The molecule has 1 aromatic carbocycles. The van der Waals surface area contributed by atoms with Crippen molar-refractivity contribution in [2.75, 3.05) is 0 Å². The Morgan fingerprint density at radius 2 is 2.00 bits per heavy atom. The number of fused-ring (bicyclic) bond motifs is 3. The minimum Gasteiger partial charge on any atom is -0.124 e. The second kappa shape index (κ2) is 2.27. The van der Waals surface area contributed by atoms with E-state index in [1.54, 1.807) is 11.8 Å². The number of rotatable bonds is 0. The SMILES string of the molecule is [CH]1SC=C2C1=Cc1ccccc12. The van der Waals surface area contributed by atoms with Crippen LogP contribution in [0.2, 0.25) is 0 Å². The topological polar surface area (TPSA) is 0 Å². The Kier molecular flexibility index (Phi) is 1.24. The lowest BCUT2D eigenvalue weighted by atomic mass is 10.1. The molecule has 1 heteroatoms. The number of thioether (sulfide) groups is 1. The molecule has 0 nitrogen and oxygen atoms in total. The summed E-state index contributed by atoms with van der Waals surface area (Å²) in [6, 6.07) is 8.54. The molecule has 0 fully saturated rings. The zero-order valence-electron chi connectivity index (χ0n) is 6.45. The average Bonchev–Trinajstić information content (AvgIpc) is 2.62. The van der Waals surface area contributed by atoms with Gasteiger partial charge in [-0.1, -0.05) is 24.3 Å². The van der Waals surface area contributed by atoms with Crippen LogP contribution >= 0.6 is 11.8 Å². The Morgan fingerprint density at radius 3 is 3.00 bits per heavy atom. The van der Waals surface area contributed by atoms with Crippen molar-refractivity contribution in [3.63, 3.8) is 0 Å². The lowest BCUT2D eigenvalue weighted by Crippen LogP contribution is -1.78. The molecule has 0 saturated heterocycles. The third kappa shape index (κ3) is 0.745. The van der Waals surface area contributed by atoms with Gasteiger partial charge in [-0.25, -0.2) is 0 Å². The Morgan fingerprint density at radius 1 is 1.08 bits per heavy atom. The monoisotopic (exact) mass is 171 g/mol. The van der Waals surface area contributed by atoms with Gasteiger partial charge in [-0.2, -0.15) is 0 Å². The highest BCUT2D eigenvalue weighted by Gasteiger charge is 2.21. The highest BCUT2D eigenvalue weighted by molar-refractivity contribution is 8.04. The van der Waals surface area contributed by atoms with E-state index in [0.717, 1.165) is 0 Å². The largest absolute Gasteiger partial charge is 0.124 e. The van der Waals surface area contributed by atoms with Crippen molar-refractivity contribution in [1.29, 1.82) is 0 Å². The summed E-state index contributed by atoms with van der Waals surface area (Å²) in [6.07, 6.45) is 2.25. The number of hydrogen-bond donors (Lipinski definition) is 0. The third-order valence-electron chi connectivity index (χ3n) is 2.25. The molecule has 1 radical (unpaired) electrons. The third-order valence-corrected chi connectivity index (χ3v) is 3.02. The van der Waals surface area contributed by atoms with Crippen LogP contribution in [0.25, 0.3) is 11.6 Å². The van der Waals surface area contributed by atoms with E-state index in [1.807, 2.05) is 0 Å². The summed E-state index contributed by atoms with van der Waals surface area (Å²) in [5.41, 5.74) is 5.51. The molecule has 0 aromatic heterocycles. The van der Waals surface area contributed by atoms with E-state index in [4.69, 9.17) is 0 Å². The van der Waals surface area contributed by atoms with Crippen molar-refractivity contribution >= 4 is 23.4 Å². The predicted octanol–water partition coefficient (Wildman–Crippen LogP) is 3.33. The maximum Gasteiger partial charge on any atom is 0.0508 e. The highest BCUT2D eigenvalue weighted by Crippen LogP contribution is 2.45. The first kappa shape index (κ1) is 6.55. The van der Waals surface area contributed by atoms with Crippen LogP contribution in [0, 0.1) is 5.75 Å². The fraction of sp³-hybridized carbons (Fsp3) is 0. The van der Waals surface area contributed by atoms with E-state index < -0.39 is 0 Å². The van der Waals surface area contributed by atoms with E-state index >= 15 is 0 Å². The van der Waals surface area contributed by atoms with Gasteiger partial charge >= 0.3 is 0 Å². The summed E-state index contributed by atoms with van der Waals surface area (Å²) in [6.45, 7) is 0. The van der Waals surface area contributed by atoms with Gasteiger partial charge < -0.3 is 0 Å². The standard InChI is InChI=1S/C11H7S/c1-2-4-10-8(3-1)5-9-6-12-7-11(9)10/h1-7H. The summed E-state index contributed by atoms with van der Waals surface area (Å²) in [4.78, 5) is 0. The molecule has 0 bridgehead atoms. The number of hydrogen-bond acceptors (Lipinski definition) is 1. The first-order chi connectivity index (χ1) is 5.95. The molecule has 57 valence electrons. The Bertz CT molecular complexity index is 399. The fourth-order valence-corrected chi connectivity index (χ4v) is 2.48. The molecule has 2 aliphatic rings. The normalized spacial score (nSPS) is 18.3. The second-order valence-electron chi connectivity index (χ2n) is 2.97. The van der Waals surface area contributed by atoms with Crippen LogP contribution in [0.1, 0.15) is 11.1 Å². The van der Waals surface area contributed by atoms with E-state index in [9.17, 15) is 0 Å². The fourth-order valence-electron chi connectivity index (χ4n) is 1.67. The molecule has 1 aliphatic carbocycles. The van der Waals surface area contributed by atoms with E-state index in [1.165, 1.54) is 22.3 Å². The lowest BCUT2D eigenvalue weighted by molar-refractivity contribution is 1.62. The van der Waals surface area contributed by atoms with Crippen molar-refractivity contribution in [3.05, 3.63) is 52.1 Å².